The van der Waals surface area contributed by atoms with Gasteiger partial charge < -0.3 is 9.72 Å². The van der Waals surface area contributed by atoms with Crippen molar-refractivity contribution in [2.24, 2.45) is 0 Å². The molecule has 0 radical (unpaired) electrons. The molecule has 5 nitrogen and oxygen atoms in total. The summed E-state index contributed by atoms with van der Waals surface area (Å²) in [5.74, 6) is -0.734. The Hall–Kier alpha value is -2.87. The van der Waals surface area contributed by atoms with E-state index in [1.165, 1.54) is 6.08 Å². The van der Waals surface area contributed by atoms with Crippen LogP contribution >= 0.6 is 0 Å². The van der Waals surface area contributed by atoms with E-state index in [1.807, 2.05) is 18.2 Å². The van der Waals surface area contributed by atoms with Crippen molar-refractivity contribution in [2.45, 2.75) is 6.92 Å². The molecule has 1 aromatic heterocycles. The SMILES string of the molecule is CCOC(=O)/C(C#N)=C/c1cc2ccccc2[nH]c1=O. The zero-order chi connectivity index (χ0) is 14.5. The van der Waals surface area contributed by atoms with Crippen molar-refractivity contribution in [2.75, 3.05) is 6.61 Å². The number of aromatic amines is 1. The van der Waals surface area contributed by atoms with Gasteiger partial charge in [-0.25, -0.2) is 4.79 Å². The lowest BCUT2D eigenvalue weighted by Gasteiger charge is -2.01. The van der Waals surface area contributed by atoms with Gasteiger partial charge in [0.2, 0.25) is 0 Å². The number of carbonyl (C=O) groups excluding carboxylic acids is 1. The molecule has 20 heavy (non-hydrogen) atoms. The highest BCUT2D eigenvalue weighted by molar-refractivity contribution is 5.98. The first kappa shape index (κ1) is 13.6. The Labute approximate surface area is 115 Å². The molecule has 1 aromatic carbocycles. The molecular formula is C15H12N2O3. The van der Waals surface area contributed by atoms with Crippen LogP contribution in [0.2, 0.25) is 0 Å². The summed E-state index contributed by atoms with van der Waals surface area (Å²) in [7, 11) is 0. The molecular weight excluding hydrogens is 256 g/mol. The number of benzene rings is 1. The zero-order valence-corrected chi connectivity index (χ0v) is 10.8. The molecule has 5 heteroatoms. The number of nitrogens with zero attached hydrogens (tertiary/aromatic N) is 1. The van der Waals surface area contributed by atoms with E-state index >= 15 is 0 Å². The predicted molar refractivity (Wildman–Crippen MR) is 74.8 cm³/mol. The number of fused-ring (bicyclic) bond motifs is 1. The quantitative estimate of drug-likeness (QED) is 0.524. The van der Waals surface area contributed by atoms with Crippen LogP contribution in [0.25, 0.3) is 17.0 Å². The van der Waals surface area contributed by atoms with E-state index in [-0.39, 0.29) is 23.3 Å². The molecule has 0 atom stereocenters. The molecule has 100 valence electrons. The summed E-state index contributed by atoms with van der Waals surface area (Å²) in [6, 6.07) is 10.6. The zero-order valence-electron chi connectivity index (χ0n) is 10.8. The van der Waals surface area contributed by atoms with Gasteiger partial charge in [-0.15, -0.1) is 0 Å². The highest BCUT2D eigenvalue weighted by atomic mass is 16.5. The van der Waals surface area contributed by atoms with Gasteiger partial charge in [-0.1, -0.05) is 18.2 Å². The maximum Gasteiger partial charge on any atom is 0.348 e. The summed E-state index contributed by atoms with van der Waals surface area (Å²) in [5.41, 5.74) is 0.381. The fraction of sp³-hybridized carbons (Fsp3) is 0.133. The average molecular weight is 268 g/mol. The highest BCUT2D eigenvalue weighted by Gasteiger charge is 2.11. The lowest BCUT2D eigenvalue weighted by Crippen LogP contribution is -2.11. The van der Waals surface area contributed by atoms with Gasteiger partial charge in [-0.2, -0.15) is 5.26 Å². The summed E-state index contributed by atoms with van der Waals surface area (Å²) in [5, 5.41) is 9.78. The van der Waals surface area contributed by atoms with E-state index in [9.17, 15) is 9.59 Å². The molecule has 2 rings (SSSR count). The van der Waals surface area contributed by atoms with E-state index in [0.717, 1.165) is 5.39 Å². The number of pyridine rings is 1. The van der Waals surface area contributed by atoms with Crippen LogP contribution < -0.4 is 5.56 Å². The molecule has 0 amide bonds. The summed E-state index contributed by atoms with van der Waals surface area (Å²) in [6.07, 6.45) is 1.24. The smallest absolute Gasteiger partial charge is 0.348 e. The van der Waals surface area contributed by atoms with E-state index < -0.39 is 5.97 Å². The maximum atomic E-state index is 11.9. The standard InChI is InChI=1S/C15H12N2O3/c1-2-20-15(19)12(9-16)8-11-7-10-5-3-4-6-13(10)17-14(11)18/h3-8H,2H2,1H3,(H,17,18)/b12-8+. The molecule has 0 bridgehead atoms. The molecule has 1 heterocycles. The Bertz CT molecular complexity index is 782. The number of nitrogens with one attached hydrogen (secondary N) is 1. The summed E-state index contributed by atoms with van der Waals surface area (Å²) in [6.45, 7) is 1.82. The van der Waals surface area contributed by atoms with Crippen molar-refractivity contribution >= 4 is 22.9 Å². The number of hydrogen-bond donors (Lipinski definition) is 1. The van der Waals surface area contributed by atoms with Crippen LogP contribution in [0.15, 0.2) is 40.7 Å². The Morgan fingerprint density at radius 3 is 2.90 bits per heavy atom. The van der Waals surface area contributed by atoms with Crippen LogP contribution in [0.1, 0.15) is 12.5 Å². The van der Waals surface area contributed by atoms with Crippen molar-refractivity contribution in [1.29, 1.82) is 5.26 Å². The third kappa shape index (κ3) is 2.75. The van der Waals surface area contributed by atoms with Crippen LogP contribution in [-0.4, -0.2) is 17.6 Å². The minimum absolute atomic E-state index is 0.173. The number of ether oxygens (including phenoxy) is 1. The summed E-state index contributed by atoms with van der Waals surface area (Å²) in [4.78, 5) is 26.1. The number of rotatable bonds is 3. The lowest BCUT2D eigenvalue weighted by molar-refractivity contribution is -0.137. The molecule has 0 aliphatic rings. The first-order valence-corrected chi connectivity index (χ1v) is 6.06. The van der Waals surface area contributed by atoms with Gasteiger partial charge in [0.05, 0.1) is 6.61 Å². The van der Waals surface area contributed by atoms with Crippen molar-refractivity contribution in [3.05, 3.63) is 51.8 Å². The van der Waals surface area contributed by atoms with E-state index in [1.54, 1.807) is 25.1 Å². The number of nitriles is 1. The van der Waals surface area contributed by atoms with Crippen LogP contribution in [-0.2, 0) is 9.53 Å². The van der Waals surface area contributed by atoms with Gasteiger partial charge in [0, 0.05) is 11.1 Å². The first-order chi connectivity index (χ1) is 9.65. The lowest BCUT2D eigenvalue weighted by atomic mass is 10.1. The Kier molecular flexibility index (Phi) is 3.96. The third-order valence-electron chi connectivity index (χ3n) is 2.70. The van der Waals surface area contributed by atoms with Gasteiger partial charge in [-0.05, 0) is 30.5 Å². The summed E-state index contributed by atoms with van der Waals surface area (Å²) >= 11 is 0. The monoisotopic (exact) mass is 268 g/mol. The second-order valence-electron chi connectivity index (χ2n) is 4.03. The van der Waals surface area contributed by atoms with Crippen LogP contribution in [0.4, 0.5) is 0 Å². The predicted octanol–water partition coefficient (Wildman–Crippen LogP) is 2.00. The molecule has 0 fully saturated rings. The molecule has 0 aliphatic carbocycles. The molecule has 0 saturated heterocycles. The third-order valence-corrected chi connectivity index (χ3v) is 2.70. The Morgan fingerprint density at radius 2 is 2.20 bits per heavy atom. The van der Waals surface area contributed by atoms with Crippen LogP contribution in [0.3, 0.4) is 0 Å². The maximum absolute atomic E-state index is 11.9. The number of hydrogen-bond acceptors (Lipinski definition) is 4. The van der Waals surface area contributed by atoms with Gasteiger partial charge >= 0.3 is 5.97 Å². The minimum atomic E-state index is -0.734. The largest absolute Gasteiger partial charge is 0.462 e. The van der Waals surface area contributed by atoms with Crippen molar-refractivity contribution in [3.63, 3.8) is 0 Å². The fourth-order valence-corrected chi connectivity index (χ4v) is 1.77. The van der Waals surface area contributed by atoms with Crippen LogP contribution in [0, 0.1) is 11.3 Å². The minimum Gasteiger partial charge on any atom is -0.462 e. The van der Waals surface area contributed by atoms with Crippen LogP contribution in [0.5, 0.6) is 0 Å². The van der Waals surface area contributed by atoms with Gasteiger partial charge in [-0.3, -0.25) is 4.79 Å². The molecule has 0 saturated carbocycles. The Morgan fingerprint density at radius 1 is 1.45 bits per heavy atom. The topological polar surface area (TPSA) is 82.9 Å². The number of aromatic nitrogens is 1. The second-order valence-corrected chi connectivity index (χ2v) is 4.03. The normalized spacial score (nSPS) is 11.1. The van der Waals surface area contributed by atoms with Crippen molar-refractivity contribution in [3.8, 4) is 6.07 Å². The number of para-hydroxylation sites is 1. The number of H-pyrrole nitrogens is 1. The number of esters is 1. The number of carbonyl (C=O) groups is 1. The van der Waals surface area contributed by atoms with Gasteiger partial charge in [0.25, 0.3) is 5.56 Å². The molecule has 0 unspecified atom stereocenters. The van der Waals surface area contributed by atoms with Crippen molar-refractivity contribution in [1.82, 2.24) is 4.98 Å². The van der Waals surface area contributed by atoms with E-state index in [2.05, 4.69) is 4.98 Å². The molecule has 1 N–H and O–H groups in total. The van der Waals surface area contributed by atoms with Gasteiger partial charge in [0.1, 0.15) is 11.6 Å². The molecule has 0 aliphatic heterocycles. The molecule has 2 aromatic rings. The van der Waals surface area contributed by atoms with E-state index in [0.29, 0.717) is 5.52 Å². The second kappa shape index (κ2) is 5.85. The van der Waals surface area contributed by atoms with E-state index in [4.69, 9.17) is 10.00 Å². The van der Waals surface area contributed by atoms with Crippen molar-refractivity contribution < 1.29 is 9.53 Å². The van der Waals surface area contributed by atoms with Gasteiger partial charge in [0.15, 0.2) is 0 Å². The first-order valence-electron chi connectivity index (χ1n) is 6.06. The fourth-order valence-electron chi connectivity index (χ4n) is 1.77. The highest BCUT2D eigenvalue weighted by Crippen LogP contribution is 2.12. The average Bonchev–Trinajstić information content (AvgIpc) is 2.45. The summed E-state index contributed by atoms with van der Waals surface area (Å²) < 4.78 is 4.75. The molecule has 0 spiro atoms. The Balaban J connectivity index is 2.52.